The Hall–Kier alpha value is -2.74. The molecule has 1 fully saturated rings. The second kappa shape index (κ2) is 10.1. The summed E-state index contributed by atoms with van der Waals surface area (Å²) >= 11 is 0. The Labute approximate surface area is 139 Å². The van der Waals surface area contributed by atoms with Crippen LogP contribution in [0.1, 0.15) is 23.2 Å². The minimum Gasteiger partial charge on any atom is -0.478 e. The topological polar surface area (TPSA) is 117 Å². The predicted octanol–water partition coefficient (Wildman–Crippen LogP) is 1.04. The van der Waals surface area contributed by atoms with Crippen LogP contribution in [0.2, 0.25) is 0 Å². The number of carbonyl (C=O) groups excluding carboxylic acids is 1. The summed E-state index contributed by atoms with van der Waals surface area (Å²) in [5.74, 6) is -2.75. The zero-order valence-corrected chi connectivity index (χ0v) is 13.3. The van der Waals surface area contributed by atoms with E-state index in [1.54, 1.807) is 24.5 Å². The Morgan fingerprint density at radius 1 is 1.12 bits per heavy atom. The van der Waals surface area contributed by atoms with E-state index in [4.69, 9.17) is 14.9 Å². The van der Waals surface area contributed by atoms with Gasteiger partial charge in [0.15, 0.2) is 0 Å². The van der Waals surface area contributed by atoms with E-state index < -0.39 is 11.9 Å². The summed E-state index contributed by atoms with van der Waals surface area (Å²) < 4.78 is 5.43. The first kappa shape index (κ1) is 19.3. The molecule has 1 saturated heterocycles. The summed E-state index contributed by atoms with van der Waals surface area (Å²) in [6.45, 7) is 1.99. The smallest absolute Gasteiger partial charge is 0.338 e. The van der Waals surface area contributed by atoms with Crippen molar-refractivity contribution in [1.82, 2.24) is 9.88 Å². The second-order valence-corrected chi connectivity index (χ2v) is 5.15. The third kappa shape index (κ3) is 8.04. The molecule has 1 aliphatic rings. The van der Waals surface area contributed by atoms with Crippen LogP contribution in [0.4, 0.5) is 0 Å². The minimum atomic E-state index is -1.26. The summed E-state index contributed by atoms with van der Waals surface area (Å²) in [4.78, 5) is 37.0. The fourth-order valence-corrected chi connectivity index (χ4v) is 1.95. The van der Waals surface area contributed by atoms with Gasteiger partial charge < -0.3 is 19.8 Å². The van der Waals surface area contributed by atoms with Gasteiger partial charge in [0.1, 0.15) is 6.10 Å². The first-order valence-electron chi connectivity index (χ1n) is 7.32. The molecule has 0 aliphatic carbocycles. The standard InChI is InChI=1S/C12H16N2O2.C4H4O4/c1-14-8-4-11(5-9-14)16-12(15)10-2-6-13-7-3-10;5-3(6)1-2-4(7)8/h2-3,6-7,11H,4-5,8-9H2,1H3;1-2H,(H,5,6)(H,7,8)/b;2-1-. The average molecular weight is 336 g/mol. The van der Waals surface area contributed by atoms with Gasteiger partial charge in [0, 0.05) is 37.6 Å². The van der Waals surface area contributed by atoms with Crippen LogP contribution in [0.25, 0.3) is 0 Å². The number of nitrogens with zero attached hydrogens (tertiary/aromatic N) is 2. The van der Waals surface area contributed by atoms with E-state index in [9.17, 15) is 14.4 Å². The van der Waals surface area contributed by atoms with Crippen LogP contribution in [-0.4, -0.2) is 64.2 Å². The molecule has 0 aromatic carbocycles. The number of piperidine rings is 1. The minimum absolute atomic E-state index is 0.0665. The number of carbonyl (C=O) groups is 3. The van der Waals surface area contributed by atoms with Gasteiger partial charge in [-0.25, -0.2) is 14.4 Å². The molecule has 1 aromatic heterocycles. The third-order valence-corrected chi connectivity index (χ3v) is 3.22. The lowest BCUT2D eigenvalue weighted by Gasteiger charge is -2.28. The van der Waals surface area contributed by atoms with Gasteiger partial charge >= 0.3 is 17.9 Å². The highest BCUT2D eigenvalue weighted by Gasteiger charge is 2.20. The van der Waals surface area contributed by atoms with Crippen molar-refractivity contribution in [3.8, 4) is 0 Å². The van der Waals surface area contributed by atoms with Crippen LogP contribution in [0, 0.1) is 0 Å². The molecule has 0 amide bonds. The van der Waals surface area contributed by atoms with E-state index in [1.807, 2.05) is 0 Å². The number of carboxylic acids is 2. The highest BCUT2D eigenvalue weighted by molar-refractivity contribution is 5.89. The second-order valence-electron chi connectivity index (χ2n) is 5.15. The van der Waals surface area contributed by atoms with E-state index in [0.717, 1.165) is 25.9 Å². The summed E-state index contributed by atoms with van der Waals surface area (Å²) in [5, 5.41) is 15.6. The quantitative estimate of drug-likeness (QED) is 0.619. The maximum Gasteiger partial charge on any atom is 0.338 e. The SMILES string of the molecule is CN1CCC(OC(=O)c2ccncc2)CC1.O=C(O)/C=C\C(=O)O. The molecule has 1 aliphatic heterocycles. The van der Waals surface area contributed by atoms with Crippen molar-refractivity contribution in [2.75, 3.05) is 20.1 Å². The Bertz CT molecular complexity index is 563. The zero-order valence-electron chi connectivity index (χ0n) is 13.3. The van der Waals surface area contributed by atoms with Crippen LogP contribution >= 0.6 is 0 Å². The van der Waals surface area contributed by atoms with Crippen LogP contribution in [0.3, 0.4) is 0 Å². The molecule has 0 radical (unpaired) electrons. The van der Waals surface area contributed by atoms with Gasteiger partial charge in [-0.3, -0.25) is 4.98 Å². The van der Waals surface area contributed by atoms with Crippen LogP contribution in [0.5, 0.6) is 0 Å². The number of aliphatic carboxylic acids is 2. The lowest BCUT2D eigenvalue weighted by molar-refractivity contribution is -0.134. The number of hydrogen-bond donors (Lipinski definition) is 2. The van der Waals surface area contributed by atoms with Gasteiger partial charge in [0.2, 0.25) is 0 Å². The van der Waals surface area contributed by atoms with Crippen molar-refractivity contribution in [3.63, 3.8) is 0 Å². The molecule has 0 bridgehead atoms. The highest BCUT2D eigenvalue weighted by atomic mass is 16.5. The number of esters is 1. The van der Waals surface area contributed by atoms with Crippen LogP contribution in [-0.2, 0) is 14.3 Å². The van der Waals surface area contributed by atoms with Gasteiger partial charge in [0.25, 0.3) is 0 Å². The molecule has 1 aromatic rings. The molecule has 0 spiro atoms. The molecule has 8 nitrogen and oxygen atoms in total. The Morgan fingerprint density at radius 3 is 2.08 bits per heavy atom. The summed E-state index contributed by atoms with van der Waals surface area (Å²) in [7, 11) is 2.08. The number of rotatable bonds is 4. The van der Waals surface area contributed by atoms with Crippen molar-refractivity contribution in [1.29, 1.82) is 0 Å². The molecule has 2 heterocycles. The zero-order chi connectivity index (χ0) is 17.9. The Kier molecular flexibility index (Phi) is 8.14. The first-order chi connectivity index (χ1) is 11.4. The molecule has 2 rings (SSSR count). The molecule has 8 heteroatoms. The first-order valence-corrected chi connectivity index (χ1v) is 7.32. The van der Waals surface area contributed by atoms with E-state index in [0.29, 0.717) is 17.7 Å². The number of ether oxygens (including phenoxy) is 1. The average Bonchev–Trinajstić information content (AvgIpc) is 2.56. The lowest BCUT2D eigenvalue weighted by Crippen LogP contribution is -2.35. The third-order valence-electron chi connectivity index (χ3n) is 3.22. The monoisotopic (exact) mass is 336 g/mol. The molecular weight excluding hydrogens is 316 g/mol. The van der Waals surface area contributed by atoms with Crippen molar-refractivity contribution >= 4 is 17.9 Å². The molecule has 2 N–H and O–H groups in total. The van der Waals surface area contributed by atoms with E-state index in [1.165, 1.54) is 0 Å². The fraction of sp³-hybridized carbons (Fsp3) is 0.375. The Balaban J connectivity index is 0.000000307. The summed E-state index contributed by atoms with van der Waals surface area (Å²) in [6.07, 6.45) is 6.23. The summed E-state index contributed by atoms with van der Waals surface area (Å²) in [5.41, 5.74) is 0.578. The molecule has 130 valence electrons. The summed E-state index contributed by atoms with van der Waals surface area (Å²) in [6, 6.07) is 3.36. The van der Waals surface area contributed by atoms with Crippen molar-refractivity contribution in [2.24, 2.45) is 0 Å². The van der Waals surface area contributed by atoms with Gasteiger partial charge in [-0.2, -0.15) is 0 Å². The molecule has 0 atom stereocenters. The maximum absolute atomic E-state index is 11.7. The number of likely N-dealkylation sites (tertiary alicyclic amines) is 1. The molecule has 0 saturated carbocycles. The lowest BCUT2D eigenvalue weighted by atomic mass is 10.1. The van der Waals surface area contributed by atoms with Crippen molar-refractivity contribution in [3.05, 3.63) is 42.2 Å². The van der Waals surface area contributed by atoms with Gasteiger partial charge in [-0.05, 0) is 32.0 Å². The fourth-order valence-electron chi connectivity index (χ4n) is 1.95. The Morgan fingerprint density at radius 2 is 1.62 bits per heavy atom. The maximum atomic E-state index is 11.7. The molecule has 24 heavy (non-hydrogen) atoms. The molecule has 0 unspecified atom stereocenters. The van der Waals surface area contributed by atoms with Crippen molar-refractivity contribution < 1.29 is 29.3 Å². The van der Waals surface area contributed by atoms with Gasteiger partial charge in [-0.1, -0.05) is 0 Å². The number of carboxylic acid groups (broad SMARTS) is 2. The van der Waals surface area contributed by atoms with Gasteiger partial charge in [-0.15, -0.1) is 0 Å². The van der Waals surface area contributed by atoms with E-state index >= 15 is 0 Å². The van der Waals surface area contributed by atoms with E-state index in [-0.39, 0.29) is 12.1 Å². The van der Waals surface area contributed by atoms with Crippen LogP contribution in [0.15, 0.2) is 36.7 Å². The normalized spacial score (nSPS) is 15.4. The van der Waals surface area contributed by atoms with Crippen molar-refractivity contribution in [2.45, 2.75) is 18.9 Å². The highest BCUT2D eigenvalue weighted by Crippen LogP contribution is 2.14. The largest absolute Gasteiger partial charge is 0.478 e. The number of hydrogen-bond acceptors (Lipinski definition) is 6. The van der Waals surface area contributed by atoms with Gasteiger partial charge in [0.05, 0.1) is 5.56 Å². The number of pyridine rings is 1. The van der Waals surface area contributed by atoms with E-state index in [2.05, 4.69) is 16.9 Å². The molecular formula is C16H20N2O6. The predicted molar refractivity (Wildman–Crippen MR) is 84.6 cm³/mol. The van der Waals surface area contributed by atoms with Crippen LogP contribution < -0.4 is 0 Å². The number of aromatic nitrogens is 1.